The van der Waals surface area contributed by atoms with Crippen molar-refractivity contribution in [2.45, 2.75) is 57.6 Å². The van der Waals surface area contributed by atoms with Crippen LogP contribution >= 0.6 is 0 Å². The van der Waals surface area contributed by atoms with Gasteiger partial charge in [0.15, 0.2) is 0 Å². The quantitative estimate of drug-likeness (QED) is 0.749. The van der Waals surface area contributed by atoms with Crippen molar-refractivity contribution < 1.29 is 19.7 Å². The number of aliphatic hydroxyl groups excluding tert-OH is 1. The Morgan fingerprint density at radius 2 is 1.97 bits per heavy atom. The SMILES string of the molecule is CC(O)C(=O)O.CCC12CCN(Cc3ccccc3)CC1CCc1ccc(OC)cc12. The van der Waals surface area contributed by atoms with E-state index in [-0.39, 0.29) is 0 Å². The standard InChI is InChI=1S/C23H29NO.C3H6O3/c1-3-23-13-14-24(16-18-7-5-4-6-8-18)17-20(23)11-9-19-10-12-21(25-2)15-22(19)23;1-2(4)3(5)6/h4-8,10,12,15,20H,3,9,11,13-14,16-17H2,1-2H3;2,4H,1H3,(H,5,6). The molecule has 168 valence electrons. The Morgan fingerprint density at radius 3 is 2.58 bits per heavy atom. The number of aryl methyl sites for hydroxylation is 1. The van der Waals surface area contributed by atoms with Crippen LogP contribution in [0.3, 0.4) is 0 Å². The number of carboxylic acid groups (broad SMARTS) is 1. The fourth-order valence-electron chi connectivity index (χ4n) is 5.20. The second kappa shape index (κ2) is 10.3. The zero-order chi connectivity index (χ0) is 22.4. The van der Waals surface area contributed by atoms with Crippen LogP contribution in [-0.2, 0) is 23.2 Å². The maximum atomic E-state index is 9.45. The van der Waals surface area contributed by atoms with Crippen molar-refractivity contribution in [3.8, 4) is 5.75 Å². The summed E-state index contributed by atoms with van der Waals surface area (Å²) >= 11 is 0. The van der Waals surface area contributed by atoms with Crippen molar-refractivity contribution in [3.05, 3.63) is 65.2 Å². The van der Waals surface area contributed by atoms with Crippen LogP contribution in [0.5, 0.6) is 5.75 Å². The number of aliphatic carboxylic acids is 1. The van der Waals surface area contributed by atoms with Crippen molar-refractivity contribution in [2.24, 2.45) is 5.92 Å². The van der Waals surface area contributed by atoms with Gasteiger partial charge in [0.05, 0.1) is 7.11 Å². The first-order valence-corrected chi connectivity index (χ1v) is 11.2. The molecule has 2 aromatic carbocycles. The third-order valence-electron chi connectivity index (χ3n) is 6.99. The molecule has 31 heavy (non-hydrogen) atoms. The minimum atomic E-state index is -1.23. The molecule has 3 unspecified atom stereocenters. The van der Waals surface area contributed by atoms with Gasteiger partial charge in [-0.15, -0.1) is 0 Å². The third kappa shape index (κ3) is 5.28. The number of carbonyl (C=O) groups is 1. The predicted octanol–water partition coefficient (Wildman–Crippen LogP) is 4.26. The number of hydrogen-bond acceptors (Lipinski definition) is 4. The highest BCUT2D eigenvalue weighted by Crippen LogP contribution is 2.50. The van der Waals surface area contributed by atoms with Crippen molar-refractivity contribution in [1.29, 1.82) is 0 Å². The lowest BCUT2D eigenvalue weighted by Gasteiger charge is -2.51. The molecule has 2 N–H and O–H groups in total. The molecule has 4 rings (SSSR count). The number of ether oxygens (including phenoxy) is 1. The number of benzene rings is 2. The van der Waals surface area contributed by atoms with Crippen LogP contribution in [-0.4, -0.2) is 47.4 Å². The normalized spacial score (nSPS) is 23.5. The van der Waals surface area contributed by atoms with E-state index < -0.39 is 12.1 Å². The Labute approximate surface area is 185 Å². The van der Waals surface area contributed by atoms with Crippen molar-refractivity contribution in [2.75, 3.05) is 20.2 Å². The first-order valence-electron chi connectivity index (χ1n) is 11.2. The summed E-state index contributed by atoms with van der Waals surface area (Å²) in [5.74, 6) is 0.587. The lowest BCUT2D eigenvalue weighted by Crippen LogP contribution is -2.51. The summed E-state index contributed by atoms with van der Waals surface area (Å²) in [6, 6.07) is 17.7. The number of hydrogen-bond donors (Lipinski definition) is 2. The molecular weight excluding hydrogens is 390 g/mol. The molecule has 0 aromatic heterocycles. The predicted molar refractivity (Wildman–Crippen MR) is 122 cm³/mol. The summed E-state index contributed by atoms with van der Waals surface area (Å²) in [4.78, 5) is 12.1. The molecule has 1 fully saturated rings. The van der Waals surface area contributed by atoms with Gasteiger partial charge >= 0.3 is 5.97 Å². The van der Waals surface area contributed by atoms with Crippen LogP contribution in [0.25, 0.3) is 0 Å². The van der Waals surface area contributed by atoms with Gasteiger partial charge in [0, 0.05) is 18.5 Å². The van der Waals surface area contributed by atoms with Crippen LogP contribution in [0.4, 0.5) is 0 Å². The average Bonchev–Trinajstić information content (AvgIpc) is 2.79. The average molecular weight is 426 g/mol. The topological polar surface area (TPSA) is 70.0 Å². The molecule has 0 amide bonds. The van der Waals surface area contributed by atoms with Gasteiger partial charge in [-0.1, -0.05) is 43.3 Å². The summed E-state index contributed by atoms with van der Waals surface area (Å²) in [6.45, 7) is 7.08. The monoisotopic (exact) mass is 425 g/mol. The number of carboxylic acids is 1. The lowest BCUT2D eigenvalue weighted by molar-refractivity contribution is -0.145. The number of aliphatic hydroxyl groups is 1. The van der Waals surface area contributed by atoms with Crippen LogP contribution < -0.4 is 4.74 Å². The number of likely N-dealkylation sites (tertiary alicyclic amines) is 1. The van der Waals surface area contributed by atoms with E-state index in [1.54, 1.807) is 18.2 Å². The highest BCUT2D eigenvalue weighted by atomic mass is 16.5. The smallest absolute Gasteiger partial charge is 0.332 e. The number of rotatable bonds is 5. The molecule has 5 nitrogen and oxygen atoms in total. The van der Waals surface area contributed by atoms with Crippen molar-refractivity contribution in [3.63, 3.8) is 0 Å². The minimum absolute atomic E-state index is 0.343. The summed E-state index contributed by atoms with van der Waals surface area (Å²) in [5, 5.41) is 15.8. The highest BCUT2D eigenvalue weighted by Gasteiger charge is 2.46. The molecular formula is C26H35NO4. The largest absolute Gasteiger partial charge is 0.497 e. The van der Waals surface area contributed by atoms with Gasteiger partial charge in [-0.05, 0) is 73.9 Å². The molecule has 0 spiro atoms. The Kier molecular flexibility index (Phi) is 7.74. The summed E-state index contributed by atoms with van der Waals surface area (Å²) < 4.78 is 5.54. The van der Waals surface area contributed by atoms with E-state index in [1.807, 2.05) is 0 Å². The second-order valence-corrected chi connectivity index (χ2v) is 8.75. The Morgan fingerprint density at radius 1 is 1.26 bits per heavy atom. The maximum Gasteiger partial charge on any atom is 0.332 e. The van der Waals surface area contributed by atoms with E-state index in [1.165, 1.54) is 51.3 Å². The van der Waals surface area contributed by atoms with Crippen LogP contribution in [0, 0.1) is 5.92 Å². The van der Waals surface area contributed by atoms with Crippen LogP contribution in [0.2, 0.25) is 0 Å². The van der Waals surface area contributed by atoms with Crippen LogP contribution in [0.1, 0.15) is 49.8 Å². The third-order valence-corrected chi connectivity index (χ3v) is 6.99. The number of piperidine rings is 1. The van der Waals surface area contributed by atoms with Gasteiger partial charge < -0.3 is 14.9 Å². The Bertz CT molecular complexity index is 867. The van der Waals surface area contributed by atoms with Gasteiger partial charge in [0.2, 0.25) is 0 Å². The fraction of sp³-hybridized carbons (Fsp3) is 0.500. The van der Waals surface area contributed by atoms with Gasteiger partial charge in [-0.25, -0.2) is 4.79 Å². The van der Waals surface area contributed by atoms with E-state index in [0.717, 1.165) is 18.2 Å². The van der Waals surface area contributed by atoms with E-state index in [9.17, 15) is 4.79 Å². The van der Waals surface area contributed by atoms with E-state index >= 15 is 0 Å². The van der Waals surface area contributed by atoms with Gasteiger partial charge in [0.25, 0.3) is 0 Å². The molecule has 2 aromatic rings. The summed E-state index contributed by atoms with van der Waals surface area (Å²) in [7, 11) is 1.78. The number of methoxy groups -OCH3 is 1. The molecule has 3 atom stereocenters. The molecule has 1 aliphatic carbocycles. The second-order valence-electron chi connectivity index (χ2n) is 8.75. The molecule has 1 aliphatic heterocycles. The van der Waals surface area contributed by atoms with E-state index in [2.05, 4.69) is 60.4 Å². The van der Waals surface area contributed by atoms with Crippen molar-refractivity contribution in [1.82, 2.24) is 4.90 Å². The Hall–Kier alpha value is -2.37. The van der Waals surface area contributed by atoms with Crippen LogP contribution in [0.15, 0.2) is 48.5 Å². The summed E-state index contributed by atoms with van der Waals surface area (Å²) in [6.07, 6.45) is 3.80. The van der Waals surface area contributed by atoms with E-state index in [4.69, 9.17) is 14.9 Å². The molecule has 2 aliphatic rings. The van der Waals surface area contributed by atoms with Gasteiger partial charge in [-0.2, -0.15) is 0 Å². The van der Waals surface area contributed by atoms with Gasteiger partial charge in [-0.3, -0.25) is 4.90 Å². The molecule has 0 saturated carbocycles. The minimum Gasteiger partial charge on any atom is -0.497 e. The molecule has 1 heterocycles. The van der Waals surface area contributed by atoms with E-state index in [0.29, 0.717) is 5.41 Å². The zero-order valence-corrected chi connectivity index (χ0v) is 18.9. The maximum absolute atomic E-state index is 9.45. The molecule has 0 radical (unpaired) electrons. The zero-order valence-electron chi connectivity index (χ0n) is 18.9. The Balaban J connectivity index is 0.000000401. The van der Waals surface area contributed by atoms with Crippen molar-refractivity contribution >= 4 is 5.97 Å². The summed E-state index contributed by atoms with van der Waals surface area (Å²) in [5.41, 5.74) is 4.90. The number of fused-ring (bicyclic) bond motifs is 3. The molecule has 0 bridgehead atoms. The number of nitrogens with zero attached hydrogens (tertiary/aromatic N) is 1. The fourth-order valence-corrected chi connectivity index (χ4v) is 5.20. The first-order chi connectivity index (χ1) is 14.9. The molecule has 5 heteroatoms. The van der Waals surface area contributed by atoms with Gasteiger partial charge in [0.1, 0.15) is 11.9 Å². The highest BCUT2D eigenvalue weighted by molar-refractivity contribution is 5.71. The molecule has 1 saturated heterocycles. The lowest BCUT2D eigenvalue weighted by atomic mass is 9.58. The first kappa shape index (κ1) is 23.3.